The Balaban J connectivity index is 1.58. The molecule has 4 rings (SSSR count). The Labute approximate surface area is 139 Å². The topological polar surface area (TPSA) is 59.2 Å². The number of likely N-dealkylation sites (tertiary alicyclic amines) is 1. The van der Waals surface area contributed by atoms with Gasteiger partial charge in [0.15, 0.2) is 0 Å². The van der Waals surface area contributed by atoms with Crippen LogP contribution in [0.2, 0.25) is 0 Å². The molecule has 1 aliphatic rings. The van der Waals surface area contributed by atoms with Gasteiger partial charge < -0.3 is 9.42 Å². The lowest BCUT2D eigenvalue weighted by Crippen LogP contribution is -2.21. The van der Waals surface area contributed by atoms with E-state index in [9.17, 15) is 4.79 Å². The van der Waals surface area contributed by atoms with Crippen molar-refractivity contribution in [3.8, 4) is 22.5 Å². The summed E-state index contributed by atoms with van der Waals surface area (Å²) in [6.45, 7) is 0.729. The van der Waals surface area contributed by atoms with Gasteiger partial charge in [-0.05, 0) is 17.5 Å². The summed E-state index contributed by atoms with van der Waals surface area (Å²) in [7, 11) is 1.79. The van der Waals surface area contributed by atoms with Crippen molar-refractivity contribution in [2.24, 2.45) is 0 Å². The van der Waals surface area contributed by atoms with E-state index in [1.807, 2.05) is 42.5 Å². The van der Waals surface area contributed by atoms with Crippen molar-refractivity contribution in [2.45, 2.75) is 12.3 Å². The van der Waals surface area contributed by atoms with Crippen LogP contribution in [0.15, 0.2) is 59.1 Å². The highest BCUT2D eigenvalue weighted by Crippen LogP contribution is 2.29. The second-order valence-electron chi connectivity index (χ2n) is 6.00. The van der Waals surface area contributed by atoms with Gasteiger partial charge in [0.1, 0.15) is 5.92 Å². The van der Waals surface area contributed by atoms with E-state index in [-0.39, 0.29) is 11.8 Å². The summed E-state index contributed by atoms with van der Waals surface area (Å²) < 4.78 is 5.33. The maximum absolute atomic E-state index is 12.1. The number of amides is 1. The van der Waals surface area contributed by atoms with Crippen LogP contribution in [0.1, 0.15) is 18.2 Å². The van der Waals surface area contributed by atoms with E-state index < -0.39 is 0 Å². The summed E-state index contributed by atoms with van der Waals surface area (Å²) in [5.74, 6) is 0.669. The van der Waals surface area contributed by atoms with E-state index in [1.165, 1.54) is 0 Å². The molecule has 120 valence electrons. The molecule has 2 heterocycles. The van der Waals surface area contributed by atoms with Crippen molar-refractivity contribution >= 4 is 5.91 Å². The fourth-order valence-corrected chi connectivity index (χ4v) is 2.99. The third kappa shape index (κ3) is 2.58. The zero-order valence-corrected chi connectivity index (χ0v) is 13.3. The van der Waals surface area contributed by atoms with E-state index in [0.29, 0.717) is 11.7 Å². The highest BCUT2D eigenvalue weighted by molar-refractivity contribution is 5.84. The Hall–Kier alpha value is -2.95. The van der Waals surface area contributed by atoms with Gasteiger partial charge in [0.2, 0.25) is 17.6 Å². The van der Waals surface area contributed by atoms with Crippen LogP contribution >= 0.6 is 0 Å². The van der Waals surface area contributed by atoms with Crippen LogP contribution in [0.5, 0.6) is 0 Å². The van der Waals surface area contributed by atoms with Crippen LogP contribution in [0.3, 0.4) is 0 Å². The highest BCUT2D eigenvalue weighted by Gasteiger charge is 2.34. The van der Waals surface area contributed by atoms with Crippen molar-refractivity contribution < 1.29 is 9.32 Å². The standard InChI is InChI=1S/C19H17N3O2/c1-22-12-11-16(19(22)23)18-20-17(21-24-18)15-9-7-14(8-10-15)13-5-3-2-4-6-13/h2-10,16H,11-12H2,1H3. The number of aromatic nitrogens is 2. The Morgan fingerprint density at radius 3 is 2.33 bits per heavy atom. The molecule has 0 N–H and O–H groups in total. The number of hydrogen-bond donors (Lipinski definition) is 0. The summed E-state index contributed by atoms with van der Waals surface area (Å²) in [4.78, 5) is 18.2. The van der Waals surface area contributed by atoms with E-state index in [2.05, 4.69) is 22.3 Å². The molecule has 0 radical (unpaired) electrons. The number of nitrogens with zero attached hydrogens (tertiary/aromatic N) is 3. The second kappa shape index (κ2) is 5.92. The smallest absolute Gasteiger partial charge is 0.239 e. The average molecular weight is 319 g/mol. The second-order valence-corrected chi connectivity index (χ2v) is 6.00. The van der Waals surface area contributed by atoms with Gasteiger partial charge in [0.25, 0.3) is 0 Å². The predicted molar refractivity (Wildman–Crippen MR) is 90.2 cm³/mol. The third-order valence-electron chi connectivity index (χ3n) is 4.42. The molecule has 1 atom stereocenters. The van der Waals surface area contributed by atoms with Gasteiger partial charge in [-0.15, -0.1) is 0 Å². The number of hydrogen-bond acceptors (Lipinski definition) is 4. The van der Waals surface area contributed by atoms with E-state index in [0.717, 1.165) is 29.7 Å². The van der Waals surface area contributed by atoms with Crippen molar-refractivity contribution in [3.63, 3.8) is 0 Å². The van der Waals surface area contributed by atoms with Crippen LogP contribution in [0, 0.1) is 0 Å². The summed E-state index contributed by atoms with van der Waals surface area (Å²) in [5.41, 5.74) is 3.18. The van der Waals surface area contributed by atoms with E-state index >= 15 is 0 Å². The monoisotopic (exact) mass is 319 g/mol. The molecule has 1 saturated heterocycles. The van der Waals surface area contributed by atoms with Crippen molar-refractivity contribution in [1.29, 1.82) is 0 Å². The molecule has 0 aliphatic carbocycles. The van der Waals surface area contributed by atoms with Gasteiger partial charge in [-0.3, -0.25) is 4.79 Å². The van der Waals surface area contributed by atoms with E-state index in [4.69, 9.17) is 4.52 Å². The maximum Gasteiger partial charge on any atom is 0.239 e. The molecule has 1 aromatic heterocycles. The Morgan fingerprint density at radius 1 is 1.00 bits per heavy atom. The summed E-state index contributed by atoms with van der Waals surface area (Å²) in [6, 6.07) is 18.2. The fraction of sp³-hybridized carbons (Fsp3) is 0.211. The van der Waals surface area contributed by atoms with Gasteiger partial charge in [-0.2, -0.15) is 4.98 Å². The average Bonchev–Trinajstić information content (AvgIpc) is 3.24. The molecular weight excluding hydrogens is 302 g/mol. The molecule has 0 saturated carbocycles. The molecule has 2 aromatic carbocycles. The Bertz CT molecular complexity index is 856. The lowest BCUT2D eigenvalue weighted by atomic mass is 10.0. The van der Waals surface area contributed by atoms with Gasteiger partial charge >= 0.3 is 0 Å². The van der Waals surface area contributed by atoms with Crippen LogP contribution in [-0.4, -0.2) is 34.5 Å². The van der Waals surface area contributed by atoms with Crippen LogP contribution < -0.4 is 0 Å². The van der Waals surface area contributed by atoms with Crippen molar-refractivity contribution in [3.05, 3.63) is 60.5 Å². The third-order valence-corrected chi connectivity index (χ3v) is 4.42. The highest BCUT2D eigenvalue weighted by atomic mass is 16.5. The maximum atomic E-state index is 12.1. The molecule has 1 amide bonds. The normalized spacial score (nSPS) is 17.5. The van der Waals surface area contributed by atoms with Crippen LogP contribution in [0.25, 0.3) is 22.5 Å². The first-order chi connectivity index (χ1) is 11.7. The molecule has 24 heavy (non-hydrogen) atoms. The SMILES string of the molecule is CN1CCC(c2nc(-c3ccc(-c4ccccc4)cc3)no2)C1=O. The summed E-state index contributed by atoms with van der Waals surface area (Å²) in [6.07, 6.45) is 0.726. The first-order valence-electron chi connectivity index (χ1n) is 7.97. The van der Waals surface area contributed by atoms with Crippen molar-refractivity contribution in [2.75, 3.05) is 13.6 Å². The molecular formula is C19H17N3O2. The molecule has 5 nitrogen and oxygen atoms in total. The molecule has 5 heteroatoms. The van der Waals surface area contributed by atoms with Gasteiger partial charge in [-0.25, -0.2) is 0 Å². The molecule has 0 bridgehead atoms. The molecule has 3 aromatic rings. The van der Waals surface area contributed by atoms with Gasteiger partial charge in [-0.1, -0.05) is 59.8 Å². The lowest BCUT2D eigenvalue weighted by Gasteiger charge is -2.06. The molecule has 1 aliphatic heterocycles. The van der Waals surface area contributed by atoms with Gasteiger partial charge in [0.05, 0.1) is 0 Å². The molecule has 1 fully saturated rings. The largest absolute Gasteiger partial charge is 0.345 e. The number of carbonyl (C=O) groups is 1. The minimum absolute atomic E-state index is 0.0459. The van der Waals surface area contributed by atoms with E-state index in [1.54, 1.807) is 11.9 Å². The quantitative estimate of drug-likeness (QED) is 0.743. The summed E-state index contributed by atoms with van der Waals surface area (Å²) in [5, 5.41) is 4.04. The minimum atomic E-state index is -0.306. The first kappa shape index (κ1) is 14.6. The number of benzene rings is 2. The fourth-order valence-electron chi connectivity index (χ4n) is 2.99. The Kier molecular flexibility index (Phi) is 3.61. The summed E-state index contributed by atoms with van der Waals surface area (Å²) >= 11 is 0. The number of carbonyl (C=O) groups excluding carboxylic acids is 1. The number of likely N-dealkylation sites (N-methyl/N-ethyl adjacent to an activating group) is 1. The zero-order valence-electron chi connectivity index (χ0n) is 13.3. The van der Waals surface area contributed by atoms with Gasteiger partial charge in [0, 0.05) is 19.2 Å². The van der Waals surface area contributed by atoms with Crippen molar-refractivity contribution in [1.82, 2.24) is 15.0 Å². The lowest BCUT2D eigenvalue weighted by molar-refractivity contribution is -0.128. The Morgan fingerprint density at radius 2 is 1.67 bits per heavy atom. The predicted octanol–water partition coefficient (Wildman–Crippen LogP) is 3.35. The first-order valence-corrected chi connectivity index (χ1v) is 7.97. The van der Waals surface area contributed by atoms with Crippen LogP contribution in [0.4, 0.5) is 0 Å². The minimum Gasteiger partial charge on any atom is -0.345 e. The number of rotatable bonds is 3. The molecule has 0 spiro atoms. The molecule has 1 unspecified atom stereocenters. The van der Waals surface area contributed by atoms with Crippen LogP contribution in [-0.2, 0) is 4.79 Å². The zero-order chi connectivity index (χ0) is 16.5.